The van der Waals surface area contributed by atoms with Crippen LogP contribution in [0.25, 0.3) is 0 Å². The van der Waals surface area contributed by atoms with E-state index in [1.54, 1.807) is 30.3 Å². The molecule has 2 N–H and O–H groups in total. The Balaban J connectivity index is 2.05. The van der Waals surface area contributed by atoms with Gasteiger partial charge >= 0.3 is 6.03 Å². The monoisotopic (exact) mass is 342 g/mol. The number of hydrogen-bond donors (Lipinski definition) is 2. The molecule has 2 aromatic rings. The average Bonchev–Trinajstić information content (AvgIpc) is 2.26. The van der Waals surface area contributed by atoms with Gasteiger partial charge in [0.2, 0.25) is 0 Å². The quantitative estimate of drug-likeness (QED) is 0.801. The van der Waals surface area contributed by atoms with Gasteiger partial charge in [-0.1, -0.05) is 33.6 Å². The molecular formula is C13H9BrClFN2O. The summed E-state index contributed by atoms with van der Waals surface area (Å²) in [6.45, 7) is 0. The maximum atomic E-state index is 13.1. The first kappa shape index (κ1) is 13.8. The molecule has 0 unspecified atom stereocenters. The van der Waals surface area contributed by atoms with Crippen LogP contribution in [0.3, 0.4) is 0 Å². The molecule has 0 spiro atoms. The minimum absolute atomic E-state index is 0.353. The third kappa shape index (κ3) is 4.22. The minimum Gasteiger partial charge on any atom is -0.308 e. The van der Waals surface area contributed by atoms with E-state index in [0.717, 1.165) is 0 Å². The SMILES string of the molecule is O=C(Nc1cccc(Cl)c1)Nc1cc(F)cc(Br)c1. The number of amides is 2. The Morgan fingerprint density at radius 2 is 1.84 bits per heavy atom. The van der Waals surface area contributed by atoms with Crippen molar-refractivity contribution in [2.75, 3.05) is 10.6 Å². The van der Waals surface area contributed by atoms with Gasteiger partial charge in [0.15, 0.2) is 0 Å². The van der Waals surface area contributed by atoms with Crippen LogP contribution < -0.4 is 10.6 Å². The van der Waals surface area contributed by atoms with Gasteiger partial charge in [-0.25, -0.2) is 9.18 Å². The molecule has 0 heterocycles. The van der Waals surface area contributed by atoms with Gasteiger partial charge < -0.3 is 10.6 Å². The fourth-order valence-corrected chi connectivity index (χ4v) is 2.14. The Kier molecular flexibility index (Phi) is 4.39. The number of carbonyl (C=O) groups is 1. The summed E-state index contributed by atoms with van der Waals surface area (Å²) in [6.07, 6.45) is 0. The lowest BCUT2D eigenvalue weighted by Crippen LogP contribution is -2.19. The fraction of sp³-hybridized carbons (Fsp3) is 0. The molecule has 98 valence electrons. The third-order valence-corrected chi connectivity index (χ3v) is 2.90. The molecule has 0 saturated carbocycles. The Morgan fingerprint density at radius 1 is 1.11 bits per heavy atom. The number of nitrogens with one attached hydrogen (secondary N) is 2. The highest BCUT2D eigenvalue weighted by molar-refractivity contribution is 9.10. The molecule has 0 aliphatic rings. The third-order valence-electron chi connectivity index (χ3n) is 2.20. The Morgan fingerprint density at radius 3 is 2.53 bits per heavy atom. The summed E-state index contributed by atoms with van der Waals surface area (Å²) in [5, 5.41) is 5.65. The lowest BCUT2D eigenvalue weighted by atomic mass is 10.3. The number of halogens is 3. The first-order valence-corrected chi connectivity index (χ1v) is 6.50. The number of urea groups is 1. The summed E-state index contributed by atoms with van der Waals surface area (Å²) < 4.78 is 13.7. The Hall–Kier alpha value is -1.59. The zero-order chi connectivity index (χ0) is 13.8. The van der Waals surface area contributed by atoms with Gasteiger partial charge in [0.05, 0.1) is 0 Å². The summed E-state index contributed by atoms with van der Waals surface area (Å²) in [7, 11) is 0. The van der Waals surface area contributed by atoms with E-state index in [-0.39, 0.29) is 0 Å². The number of hydrogen-bond acceptors (Lipinski definition) is 1. The molecule has 0 aliphatic heterocycles. The maximum absolute atomic E-state index is 13.1. The highest BCUT2D eigenvalue weighted by atomic mass is 79.9. The molecule has 0 fully saturated rings. The summed E-state index contributed by atoms with van der Waals surface area (Å²) in [5.74, 6) is -0.438. The predicted octanol–water partition coefficient (Wildman–Crippen LogP) is 4.89. The first-order chi connectivity index (χ1) is 9.02. The molecule has 19 heavy (non-hydrogen) atoms. The van der Waals surface area contributed by atoms with E-state index in [0.29, 0.717) is 20.9 Å². The van der Waals surface area contributed by atoms with Crippen LogP contribution in [0.4, 0.5) is 20.6 Å². The summed E-state index contributed by atoms with van der Waals surface area (Å²) in [5.41, 5.74) is 0.909. The Labute approximate surface area is 122 Å². The molecular weight excluding hydrogens is 335 g/mol. The summed E-state index contributed by atoms with van der Waals surface area (Å²) in [6, 6.07) is 10.4. The summed E-state index contributed by atoms with van der Waals surface area (Å²) in [4.78, 5) is 11.7. The van der Waals surface area contributed by atoms with Crippen molar-refractivity contribution in [3.05, 3.63) is 57.8 Å². The second-order valence-electron chi connectivity index (χ2n) is 3.75. The number of anilines is 2. The lowest BCUT2D eigenvalue weighted by molar-refractivity contribution is 0.262. The van der Waals surface area contributed by atoms with E-state index < -0.39 is 11.8 Å². The molecule has 2 amide bonds. The molecule has 0 atom stereocenters. The molecule has 2 rings (SSSR count). The van der Waals surface area contributed by atoms with E-state index in [4.69, 9.17) is 11.6 Å². The van der Waals surface area contributed by atoms with Crippen molar-refractivity contribution in [2.45, 2.75) is 0 Å². The van der Waals surface area contributed by atoms with E-state index in [2.05, 4.69) is 26.6 Å². The first-order valence-electron chi connectivity index (χ1n) is 5.32. The fourth-order valence-electron chi connectivity index (χ4n) is 1.49. The van der Waals surface area contributed by atoms with Crippen molar-refractivity contribution < 1.29 is 9.18 Å². The highest BCUT2D eigenvalue weighted by Crippen LogP contribution is 2.19. The van der Waals surface area contributed by atoms with E-state index in [1.807, 2.05) is 0 Å². The van der Waals surface area contributed by atoms with Crippen LogP contribution >= 0.6 is 27.5 Å². The predicted molar refractivity (Wildman–Crippen MR) is 78.2 cm³/mol. The second-order valence-corrected chi connectivity index (χ2v) is 5.10. The minimum atomic E-state index is -0.472. The van der Waals surface area contributed by atoms with Crippen molar-refractivity contribution in [3.63, 3.8) is 0 Å². The molecule has 0 aliphatic carbocycles. The van der Waals surface area contributed by atoms with Crippen LogP contribution in [-0.2, 0) is 0 Å². The topological polar surface area (TPSA) is 41.1 Å². The van der Waals surface area contributed by atoms with Crippen molar-refractivity contribution in [1.29, 1.82) is 0 Å². The molecule has 6 heteroatoms. The smallest absolute Gasteiger partial charge is 0.308 e. The van der Waals surface area contributed by atoms with E-state index in [9.17, 15) is 9.18 Å². The van der Waals surface area contributed by atoms with E-state index >= 15 is 0 Å². The van der Waals surface area contributed by atoms with Crippen molar-refractivity contribution in [3.8, 4) is 0 Å². The van der Waals surface area contributed by atoms with Gasteiger partial charge in [0, 0.05) is 20.9 Å². The number of benzene rings is 2. The van der Waals surface area contributed by atoms with Crippen LogP contribution in [-0.4, -0.2) is 6.03 Å². The van der Waals surface area contributed by atoms with Gasteiger partial charge in [-0.15, -0.1) is 0 Å². The zero-order valence-electron chi connectivity index (χ0n) is 9.58. The average molecular weight is 344 g/mol. The molecule has 3 nitrogen and oxygen atoms in total. The van der Waals surface area contributed by atoms with Crippen molar-refractivity contribution >= 4 is 44.9 Å². The van der Waals surface area contributed by atoms with Gasteiger partial charge in [-0.3, -0.25) is 0 Å². The van der Waals surface area contributed by atoms with Crippen molar-refractivity contribution in [2.24, 2.45) is 0 Å². The highest BCUT2D eigenvalue weighted by Gasteiger charge is 2.05. The van der Waals surface area contributed by atoms with Gasteiger partial charge in [0.1, 0.15) is 5.82 Å². The van der Waals surface area contributed by atoms with Gasteiger partial charge in [0.25, 0.3) is 0 Å². The second kappa shape index (κ2) is 6.04. The molecule has 2 aromatic carbocycles. The number of carbonyl (C=O) groups excluding carboxylic acids is 1. The normalized spacial score (nSPS) is 10.1. The standard InChI is InChI=1S/C13H9BrClFN2O/c14-8-4-10(16)7-12(5-8)18-13(19)17-11-3-1-2-9(15)6-11/h1-7H,(H2,17,18,19). The lowest BCUT2D eigenvalue weighted by Gasteiger charge is -2.08. The number of rotatable bonds is 2. The van der Waals surface area contributed by atoms with Crippen LogP contribution in [0.1, 0.15) is 0 Å². The van der Waals surface area contributed by atoms with Crippen LogP contribution in [0.15, 0.2) is 46.9 Å². The molecule has 0 aromatic heterocycles. The van der Waals surface area contributed by atoms with Crippen LogP contribution in [0.2, 0.25) is 5.02 Å². The maximum Gasteiger partial charge on any atom is 0.323 e. The zero-order valence-corrected chi connectivity index (χ0v) is 11.9. The molecule has 0 saturated heterocycles. The largest absolute Gasteiger partial charge is 0.323 e. The van der Waals surface area contributed by atoms with Gasteiger partial charge in [-0.05, 0) is 36.4 Å². The molecule has 0 bridgehead atoms. The molecule has 0 radical (unpaired) electrons. The van der Waals surface area contributed by atoms with Crippen LogP contribution in [0, 0.1) is 5.82 Å². The van der Waals surface area contributed by atoms with Crippen molar-refractivity contribution in [1.82, 2.24) is 0 Å². The van der Waals surface area contributed by atoms with Crippen LogP contribution in [0.5, 0.6) is 0 Å². The van der Waals surface area contributed by atoms with E-state index in [1.165, 1.54) is 12.1 Å². The van der Waals surface area contributed by atoms with Gasteiger partial charge in [-0.2, -0.15) is 0 Å². The summed E-state index contributed by atoms with van der Waals surface area (Å²) >= 11 is 8.95. The Bertz CT molecular complexity index is 601.